The molecular formula is C32H30ClN3O5S2. The van der Waals surface area contributed by atoms with Crippen LogP contribution in [0.5, 0.6) is 5.75 Å². The van der Waals surface area contributed by atoms with E-state index in [-0.39, 0.29) is 64.0 Å². The molecule has 7 atom stereocenters. The third-order valence-electron chi connectivity index (χ3n) is 10.1. The topological polar surface area (TPSA) is 99.8 Å². The van der Waals surface area contributed by atoms with Gasteiger partial charge >= 0.3 is 4.87 Å². The molecule has 8 nitrogen and oxygen atoms in total. The van der Waals surface area contributed by atoms with Gasteiger partial charge in [-0.25, -0.2) is 0 Å². The normalized spacial score (nSPS) is 30.8. The van der Waals surface area contributed by atoms with E-state index in [1.807, 2.05) is 47.4 Å². The van der Waals surface area contributed by atoms with Crippen LogP contribution in [0, 0.1) is 29.6 Å². The molecule has 0 spiro atoms. The highest BCUT2D eigenvalue weighted by molar-refractivity contribution is 8.00. The van der Waals surface area contributed by atoms with Crippen LogP contribution in [0.25, 0.3) is 0 Å². The number of piperidine rings is 1. The summed E-state index contributed by atoms with van der Waals surface area (Å²) in [7, 11) is 0. The molecule has 5 aliphatic rings. The molecular weight excluding hydrogens is 606 g/mol. The van der Waals surface area contributed by atoms with Gasteiger partial charge in [0, 0.05) is 39.7 Å². The molecule has 2 aliphatic carbocycles. The minimum Gasteiger partial charge on any atom is -0.483 e. The summed E-state index contributed by atoms with van der Waals surface area (Å²) >= 11 is 9.42. The number of nitrogens with zero attached hydrogens (tertiary/aromatic N) is 2. The molecule has 1 aromatic heterocycles. The van der Waals surface area contributed by atoms with Crippen molar-refractivity contribution in [2.24, 2.45) is 29.6 Å². The van der Waals surface area contributed by atoms with Crippen LogP contribution in [-0.4, -0.2) is 52.6 Å². The molecule has 2 saturated heterocycles. The van der Waals surface area contributed by atoms with Crippen molar-refractivity contribution in [3.63, 3.8) is 0 Å². The third kappa shape index (κ3) is 4.31. The summed E-state index contributed by atoms with van der Waals surface area (Å²) in [6, 6.07) is 14.6. The molecule has 4 fully saturated rings. The van der Waals surface area contributed by atoms with Crippen molar-refractivity contribution in [2.45, 2.75) is 41.9 Å². The SMILES string of the molecule is O=C(COc1ccc(Cl)cc1[C@@H]1c2sc(=O)[nH]c2S[C@@H]2[C@@H]3C[C@@H]([C@@H]4C(=O)N(c5ccccc5)C(=O)[C@@H]34)[C@H]12)N1CCCCC1. The number of benzene rings is 2. The summed E-state index contributed by atoms with van der Waals surface area (Å²) in [5, 5.41) is 1.40. The molecule has 3 aromatic rings. The van der Waals surface area contributed by atoms with Crippen molar-refractivity contribution < 1.29 is 19.1 Å². The summed E-state index contributed by atoms with van der Waals surface area (Å²) in [6.45, 7) is 1.42. The number of thioether (sulfide) groups is 1. The van der Waals surface area contributed by atoms with Crippen LogP contribution < -0.4 is 14.5 Å². The van der Waals surface area contributed by atoms with E-state index in [0.717, 1.165) is 54.2 Å². The number of likely N-dealkylation sites (tertiary alicyclic amines) is 1. The van der Waals surface area contributed by atoms with Gasteiger partial charge in [0.15, 0.2) is 6.61 Å². The Morgan fingerprint density at radius 3 is 2.49 bits per heavy atom. The van der Waals surface area contributed by atoms with E-state index in [4.69, 9.17) is 16.3 Å². The lowest BCUT2D eigenvalue weighted by molar-refractivity contribution is -0.134. The van der Waals surface area contributed by atoms with Gasteiger partial charge in [-0.15, -0.1) is 11.8 Å². The van der Waals surface area contributed by atoms with E-state index >= 15 is 0 Å². The molecule has 3 amide bonds. The number of hydrogen-bond donors (Lipinski definition) is 1. The summed E-state index contributed by atoms with van der Waals surface area (Å²) in [4.78, 5) is 60.5. The average molecular weight is 636 g/mol. The van der Waals surface area contributed by atoms with Crippen LogP contribution in [0.4, 0.5) is 5.69 Å². The Morgan fingerprint density at radius 1 is 0.977 bits per heavy atom. The van der Waals surface area contributed by atoms with Crippen LogP contribution in [0.15, 0.2) is 58.4 Å². The van der Waals surface area contributed by atoms with Crippen LogP contribution in [0.3, 0.4) is 0 Å². The predicted octanol–water partition coefficient (Wildman–Crippen LogP) is 5.16. The van der Waals surface area contributed by atoms with E-state index in [2.05, 4.69) is 4.98 Å². The number of carbonyl (C=O) groups excluding carboxylic acids is 3. The molecule has 1 N–H and O–H groups in total. The zero-order valence-corrected chi connectivity index (χ0v) is 25.6. The summed E-state index contributed by atoms with van der Waals surface area (Å²) < 4.78 is 6.24. The molecule has 0 unspecified atom stereocenters. The van der Waals surface area contributed by atoms with Crippen molar-refractivity contribution in [2.75, 3.05) is 24.6 Å². The second kappa shape index (κ2) is 10.5. The molecule has 8 rings (SSSR count). The van der Waals surface area contributed by atoms with Gasteiger partial charge in [0.05, 0.1) is 22.5 Å². The number of halogens is 1. The Hall–Kier alpha value is -3.08. The summed E-state index contributed by atoms with van der Waals surface area (Å²) in [5.74, 6) is -0.752. The first-order valence-electron chi connectivity index (χ1n) is 14.9. The molecule has 2 saturated carbocycles. The van der Waals surface area contributed by atoms with Crippen molar-refractivity contribution in [3.05, 3.63) is 73.7 Å². The number of anilines is 1. The van der Waals surface area contributed by atoms with Crippen molar-refractivity contribution in [3.8, 4) is 5.75 Å². The number of nitrogens with one attached hydrogen (secondary N) is 1. The number of hydrogen-bond acceptors (Lipinski definition) is 7. The Kier molecular flexibility index (Phi) is 6.72. The third-order valence-corrected chi connectivity index (χ3v) is 12.9. The van der Waals surface area contributed by atoms with Gasteiger partial charge in [-0.3, -0.25) is 24.1 Å². The number of imide groups is 1. The van der Waals surface area contributed by atoms with Gasteiger partial charge in [0.1, 0.15) is 5.75 Å². The Bertz CT molecular complexity index is 1690. The van der Waals surface area contributed by atoms with E-state index < -0.39 is 5.92 Å². The molecule has 11 heteroatoms. The Balaban J connectivity index is 1.17. The lowest BCUT2D eigenvalue weighted by atomic mass is 9.68. The number of aromatic amines is 1. The Labute approximate surface area is 261 Å². The highest BCUT2D eigenvalue weighted by atomic mass is 35.5. The largest absolute Gasteiger partial charge is 0.483 e. The fourth-order valence-corrected chi connectivity index (χ4v) is 11.5. The number of carbonyl (C=O) groups is 3. The number of H-pyrrole nitrogens is 1. The van der Waals surface area contributed by atoms with E-state index in [1.54, 1.807) is 17.8 Å². The number of ether oxygens (including phenoxy) is 1. The second-order valence-corrected chi connectivity index (χ2v) is 14.9. The van der Waals surface area contributed by atoms with Gasteiger partial charge in [-0.05, 0) is 73.8 Å². The minimum atomic E-state index is -0.400. The molecule has 222 valence electrons. The molecule has 0 radical (unpaired) electrons. The predicted molar refractivity (Wildman–Crippen MR) is 165 cm³/mol. The van der Waals surface area contributed by atoms with Crippen molar-refractivity contribution in [1.82, 2.24) is 9.88 Å². The smallest absolute Gasteiger partial charge is 0.305 e. The number of rotatable bonds is 5. The molecule has 4 heterocycles. The highest BCUT2D eigenvalue weighted by Crippen LogP contribution is 2.69. The average Bonchev–Trinajstić information content (AvgIpc) is 3.76. The fraction of sp³-hybridized carbons (Fsp3) is 0.438. The maximum atomic E-state index is 14.0. The first-order valence-corrected chi connectivity index (χ1v) is 17.0. The minimum absolute atomic E-state index is 0.00119. The first kappa shape index (κ1) is 27.5. The van der Waals surface area contributed by atoms with E-state index in [1.165, 1.54) is 16.2 Å². The second-order valence-electron chi connectivity index (χ2n) is 12.2. The number of thiazole rings is 1. The standard InChI is InChI=1S/C32H30ClN3O5S2/c33-16-9-10-21(41-15-22(37)35-11-5-2-6-12-35)18(13-16)23-24-19-14-20(27(24)42-29-28(23)43-32(40)34-29)26-25(19)30(38)36(31(26)39)17-7-3-1-4-8-17/h1,3-4,7-10,13,19-20,23-27H,2,5-6,11-12,14-15H2,(H,34,40)/t19-,20-,23+,24-,25+,26+,27-/m1/s1. The molecule has 43 heavy (non-hydrogen) atoms. The maximum absolute atomic E-state index is 14.0. The van der Waals surface area contributed by atoms with Crippen LogP contribution in [0.1, 0.15) is 42.0 Å². The van der Waals surface area contributed by atoms with Crippen molar-refractivity contribution in [1.29, 1.82) is 0 Å². The Morgan fingerprint density at radius 2 is 1.72 bits per heavy atom. The highest BCUT2D eigenvalue weighted by Gasteiger charge is 2.69. The van der Waals surface area contributed by atoms with E-state index in [0.29, 0.717) is 16.5 Å². The van der Waals surface area contributed by atoms with Gasteiger partial charge < -0.3 is 14.6 Å². The number of amides is 3. The van der Waals surface area contributed by atoms with Crippen LogP contribution in [0.2, 0.25) is 5.02 Å². The molecule has 2 bridgehead atoms. The van der Waals surface area contributed by atoms with Crippen LogP contribution in [-0.2, 0) is 14.4 Å². The molecule has 2 aromatic carbocycles. The lowest BCUT2D eigenvalue weighted by Crippen LogP contribution is -2.43. The molecule has 3 aliphatic heterocycles. The first-order chi connectivity index (χ1) is 20.9. The van der Waals surface area contributed by atoms with Crippen LogP contribution >= 0.6 is 34.7 Å². The zero-order valence-electron chi connectivity index (χ0n) is 23.2. The quantitative estimate of drug-likeness (QED) is 0.389. The van der Waals surface area contributed by atoms with Gasteiger partial charge in [-0.1, -0.05) is 41.1 Å². The number of aromatic nitrogens is 1. The monoisotopic (exact) mass is 635 g/mol. The summed E-state index contributed by atoms with van der Waals surface area (Å²) in [6.07, 6.45) is 3.93. The van der Waals surface area contributed by atoms with Gasteiger partial charge in [-0.2, -0.15) is 0 Å². The summed E-state index contributed by atoms with van der Waals surface area (Å²) in [5.41, 5.74) is 1.44. The van der Waals surface area contributed by atoms with Gasteiger partial charge in [0.2, 0.25) is 11.8 Å². The fourth-order valence-electron chi connectivity index (χ4n) is 8.46. The maximum Gasteiger partial charge on any atom is 0.305 e. The zero-order chi connectivity index (χ0) is 29.4. The van der Waals surface area contributed by atoms with Gasteiger partial charge in [0.25, 0.3) is 5.91 Å². The van der Waals surface area contributed by atoms with E-state index in [9.17, 15) is 19.2 Å². The lowest BCUT2D eigenvalue weighted by Gasteiger charge is -2.43. The van der Waals surface area contributed by atoms with Crippen molar-refractivity contribution >= 4 is 58.1 Å². The number of fused-ring (bicyclic) bond motifs is 9. The number of para-hydroxylation sites is 1.